The van der Waals surface area contributed by atoms with Gasteiger partial charge in [0.05, 0.1) is 0 Å². The van der Waals surface area contributed by atoms with E-state index in [1.54, 1.807) is 0 Å². The quantitative estimate of drug-likeness (QED) is 0.758. The van der Waals surface area contributed by atoms with E-state index in [1.165, 1.54) is 5.56 Å². The number of pyridine rings is 1. The van der Waals surface area contributed by atoms with Crippen LogP contribution in [-0.4, -0.2) is 47.4 Å². The molecule has 2 heterocycles. The van der Waals surface area contributed by atoms with Crippen LogP contribution in [-0.2, 0) is 11.3 Å². The zero-order valence-corrected chi connectivity index (χ0v) is 14.0. The number of hydrogen-bond donors (Lipinski definition) is 0. The van der Waals surface area contributed by atoms with Gasteiger partial charge in [0, 0.05) is 45.0 Å². The Balaban J connectivity index is 1.42. The number of amides is 1. The molecule has 2 aliphatic rings. The average Bonchev–Trinajstić information content (AvgIpc) is 3.20. The maximum Gasteiger partial charge on any atom is 0.223 e. The third-order valence-corrected chi connectivity index (χ3v) is 4.93. The lowest BCUT2D eigenvalue weighted by Gasteiger charge is -2.22. The SMILES string of the molecule is CN(Cc1cccnc1)C[C@@H]1CCN(C(=O)C[C@H]2C=CCC2)C1. The Kier molecular flexibility index (Phi) is 5.44. The molecule has 0 radical (unpaired) electrons. The molecule has 4 heteroatoms. The van der Waals surface area contributed by atoms with Gasteiger partial charge in [0.15, 0.2) is 0 Å². The van der Waals surface area contributed by atoms with Gasteiger partial charge in [-0.05, 0) is 49.8 Å². The molecule has 0 unspecified atom stereocenters. The van der Waals surface area contributed by atoms with E-state index in [2.05, 4.69) is 40.0 Å². The highest BCUT2D eigenvalue weighted by atomic mass is 16.2. The molecule has 1 aliphatic carbocycles. The molecule has 0 aromatic carbocycles. The molecule has 0 bridgehead atoms. The Labute approximate surface area is 139 Å². The van der Waals surface area contributed by atoms with Crippen molar-refractivity contribution >= 4 is 5.91 Å². The van der Waals surface area contributed by atoms with Crippen LogP contribution < -0.4 is 0 Å². The number of carbonyl (C=O) groups is 1. The van der Waals surface area contributed by atoms with E-state index in [0.29, 0.717) is 24.2 Å². The summed E-state index contributed by atoms with van der Waals surface area (Å²) in [6, 6.07) is 4.10. The number of carbonyl (C=O) groups excluding carboxylic acids is 1. The van der Waals surface area contributed by atoms with Crippen LogP contribution >= 0.6 is 0 Å². The number of hydrogen-bond acceptors (Lipinski definition) is 3. The summed E-state index contributed by atoms with van der Waals surface area (Å²) >= 11 is 0. The standard InChI is InChI=1S/C19H27N3O/c1-21(13-17-7-4-9-20-12-17)14-18-8-10-22(15-18)19(23)11-16-5-2-3-6-16/h2,4-5,7,9,12,16,18H,3,6,8,10-11,13-15H2,1H3/t16-,18-/m0/s1. The molecule has 0 spiro atoms. The lowest BCUT2D eigenvalue weighted by molar-refractivity contribution is -0.131. The van der Waals surface area contributed by atoms with E-state index in [0.717, 1.165) is 45.4 Å². The molecule has 3 rings (SSSR count). The van der Waals surface area contributed by atoms with Crippen LogP contribution in [0.2, 0.25) is 0 Å². The molecular formula is C19H27N3O. The van der Waals surface area contributed by atoms with Crippen molar-refractivity contribution in [2.75, 3.05) is 26.7 Å². The van der Waals surface area contributed by atoms with E-state index in [9.17, 15) is 4.79 Å². The first-order valence-corrected chi connectivity index (χ1v) is 8.72. The summed E-state index contributed by atoms with van der Waals surface area (Å²) in [6.45, 7) is 3.82. The molecule has 1 aromatic heterocycles. The second-order valence-corrected chi connectivity index (χ2v) is 7.02. The van der Waals surface area contributed by atoms with Gasteiger partial charge in [-0.25, -0.2) is 0 Å². The molecule has 1 saturated heterocycles. The second-order valence-electron chi connectivity index (χ2n) is 7.02. The minimum atomic E-state index is 0.346. The fourth-order valence-corrected chi connectivity index (χ4v) is 3.74. The lowest BCUT2D eigenvalue weighted by Crippen LogP contribution is -2.32. The van der Waals surface area contributed by atoms with Gasteiger partial charge in [-0.3, -0.25) is 9.78 Å². The van der Waals surface area contributed by atoms with E-state index >= 15 is 0 Å². The van der Waals surface area contributed by atoms with Crippen LogP contribution in [0, 0.1) is 11.8 Å². The van der Waals surface area contributed by atoms with Crippen LogP contribution in [0.3, 0.4) is 0 Å². The fraction of sp³-hybridized carbons (Fsp3) is 0.579. The lowest BCUT2D eigenvalue weighted by atomic mass is 10.0. The summed E-state index contributed by atoms with van der Waals surface area (Å²) in [4.78, 5) is 21.0. The molecule has 1 fully saturated rings. The summed E-state index contributed by atoms with van der Waals surface area (Å²) in [5.74, 6) is 1.42. The van der Waals surface area contributed by atoms with Crippen molar-refractivity contribution < 1.29 is 4.79 Å². The Morgan fingerprint density at radius 3 is 3.09 bits per heavy atom. The first kappa shape index (κ1) is 16.2. The highest BCUT2D eigenvalue weighted by Crippen LogP contribution is 2.24. The predicted octanol–water partition coefficient (Wildman–Crippen LogP) is 2.72. The largest absolute Gasteiger partial charge is 0.342 e. The van der Waals surface area contributed by atoms with Gasteiger partial charge in [0.2, 0.25) is 5.91 Å². The number of aromatic nitrogens is 1. The van der Waals surface area contributed by atoms with Crippen LogP contribution in [0.5, 0.6) is 0 Å². The van der Waals surface area contributed by atoms with Gasteiger partial charge in [-0.1, -0.05) is 18.2 Å². The number of nitrogens with zero attached hydrogens (tertiary/aromatic N) is 3. The molecule has 2 atom stereocenters. The maximum atomic E-state index is 12.4. The van der Waals surface area contributed by atoms with Gasteiger partial charge < -0.3 is 9.80 Å². The summed E-state index contributed by atoms with van der Waals surface area (Å²) in [5, 5.41) is 0. The van der Waals surface area contributed by atoms with E-state index in [-0.39, 0.29) is 0 Å². The second kappa shape index (κ2) is 7.73. The van der Waals surface area contributed by atoms with Crippen molar-refractivity contribution in [3.8, 4) is 0 Å². The Bertz CT molecular complexity index is 543. The van der Waals surface area contributed by atoms with Crippen molar-refractivity contribution in [3.63, 3.8) is 0 Å². The maximum absolute atomic E-state index is 12.4. The first-order chi connectivity index (χ1) is 11.2. The molecular weight excluding hydrogens is 286 g/mol. The van der Waals surface area contributed by atoms with Crippen molar-refractivity contribution in [2.24, 2.45) is 11.8 Å². The number of rotatable bonds is 6. The highest BCUT2D eigenvalue weighted by Gasteiger charge is 2.28. The van der Waals surface area contributed by atoms with Crippen LogP contribution in [0.25, 0.3) is 0 Å². The van der Waals surface area contributed by atoms with Gasteiger partial charge in [-0.15, -0.1) is 0 Å². The highest BCUT2D eigenvalue weighted by molar-refractivity contribution is 5.77. The summed E-state index contributed by atoms with van der Waals surface area (Å²) in [5.41, 5.74) is 1.24. The minimum Gasteiger partial charge on any atom is -0.342 e. The van der Waals surface area contributed by atoms with E-state index in [1.807, 2.05) is 18.5 Å². The molecule has 124 valence electrons. The van der Waals surface area contributed by atoms with Crippen molar-refractivity contribution in [1.82, 2.24) is 14.8 Å². The van der Waals surface area contributed by atoms with Gasteiger partial charge in [0.1, 0.15) is 0 Å². The number of likely N-dealkylation sites (tertiary alicyclic amines) is 1. The molecule has 1 aromatic rings. The van der Waals surface area contributed by atoms with Crippen LogP contribution in [0.1, 0.15) is 31.2 Å². The van der Waals surface area contributed by atoms with Crippen LogP contribution in [0.15, 0.2) is 36.7 Å². The Morgan fingerprint density at radius 2 is 2.35 bits per heavy atom. The van der Waals surface area contributed by atoms with Gasteiger partial charge in [0.25, 0.3) is 0 Å². The third kappa shape index (κ3) is 4.64. The first-order valence-electron chi connectivity index (χ1n) is 8.72. The summed E-state index contributed by atoms with van der Waals surface area (Å²) < 4.78 is 0. The molecule has 0 N–H and O–H groups in total. The summed E-state index contributed by atoms with van der Waals surface area (Å²) in [6.07, 6.45) is 12.3. The normalized spacial score (nSPS) is 23.8. The Hall–Kier alpha value is -1.68. The zero-order valence-electron chi connectivity index (χ0n) is 14.0. The van der Waals surface area contributed by atoms with E-state index in [4.69, 9.17) is 0 Å². The Morgan fingerprint density at radius 1 is 1.43 bits per heavy atom. The predicted molar refractivity (Wildman–Crippen MR) is 91.7 cm³/mol. The zero-order chi connectivity index (χ0) is 16.1. The van der Waals surface area contributed by atoms with Crippen LogP contribution in [0.4, 0.5) is 0 Å². The number of allylic oxidation sites excluding steroid dienone is 2. The minimum absolute atomic E-state index is 0.346. The van der Waals surface area contributed by atoms with Crippen molar-refractivity contribution in [1.29, 1.82) is 0 Å². The summed E-state index contributed by atoms with van der Waals surface area (Å²) in [7, 11) is 2.15. The molecule has 1 amide bonds. The fourth-order valence-electron chi connectivity index (χ4n) is 3.74. The molecule has 0 saturated carbocycles. The van der Waals surface area contributed by atoms with Crippen molar-refractivity contribution in [2.45, 2.75) is 32.2 Å². The molecule has 1 aliphatic heterocycles. The average molecular weight is 313 g/mol. The van der Waals surface area contributed by atoms with E-state index < -0.39 is 0 Å². The monoisotopic (exact) mass is 313 g/mol. The topological polar surface area (TPSA) is 36.4 Å². The van der Waals surface area contributed by atoms with Crippen molar-refractivity contribution in [3.05, 3.63) is 42.2 Å². The third-order valence-electron chi connectivity index (χ3n) is 4.93. The molecule has 4 nitrogen and oxygen atoms in total. The van der Waals surface area contributed by atoms with Gasteiger partial charge in [-0.2, -0.15) is 0 Å². The van der Waals surface area contributed by atoms with Gasteiger partial charge >= 0.3 is 0 Å². The smallest absolute Gasteiger partial charge is 0.223 e. The molecule has 23 heavy (non-hydrogen) atoms.